The van der Waals surface area contributed by atoms with Crippen molar-refractivity contribution in [1.29, 1.82) is 0 Å². The molecule has 3 rings (SSSR count). The number of benzene rings is 1. The molecule has 0 spiro atoms. The average Bonchev–Trinajstić information content (AvgIpc) is 2.63. The lowest BCUT2D eigenvalue weighted by atomic mass is 9.67. The normalized spacial score (nSPS) is 28.4. The van der Waals surface area contributed by atoms with Gasteiger partial charge in [0.25, 0.3) is 0 Å². The van der Waals surface area contributed by atoms with Crippen molar-refractivity contribution >= 4 is 5.69 Å². The lowest BCUT2D eigenvalue weighted by Crippen LogP contribution is -2.37. The maximum absolute atomic E-state index is 9.79. The molecule has 1 N–H and O–H groups in total. The van der Waals surface area contributed by atoms with Crippen molar-refractivity contribution in [1.82, 2.24) is 0 Å². The number of phenols is 1. The van der Waals surface area contributed by atoms with Crippen LogP contribution in [-0.4, -0.2) is 18.7 Å². The Morgan fingerprint density at radius 1 is 1.22 bits per heavy atom. The van der Waals surface area contributed by atoms with Crippen LogP contribution in [0.2, 0.25) is 0 Å². The number of phenolic OH excluding ortho intramolecular Hbond substituents is 1. The zero-order chi connectivity index (χ0) is 12.8. The summed E-state index contributed by atoms with van der Waals surface area (Å²) in [5, 5.41) is 9.79. The molecule has 1 aromatic carbocycles. The van der Waals surface area contributed by atoms with Gasteiger partial charge in [0.15, 0.2) is 0 Å². The highest BCUT2D eigenvalue weighted by Crippen LogP contribution is 2.49. The number of anilines is 1. The zero-order valence-corrected chi connectivity index (χ0v) is 11.4. The van der Waals surface area contributed by atoms with Crippen LogP contribution in [0, 0.1) is 5.92 Å². The molecule has 1 fully saturated rings. The molecule has 0 amide bonds. The summed E-state index contributed by atoms with van der Waals surface area (Å²) in [7, 11) is 2.17. The summed E-state index contributed by atoms with van der Waals surface area (Å²) in [4.78, 5) is 2.35. The van der Waals surface area contributed by atoms with E-state index in [0.29, 0.717) is 5.75 Å². The molecule has 2 nitrogen and oxygen atoms in total. The number of hydrogen-bond donors (Lipinski definition) is 1. The van der Waals surface area contributed by atoms with Gasteiger partial charge < -0.3 is 10.0 Å². The summed E-state index contributed by atoms with van der Waals surface area (Å²) in [6.07, 6.45) is 6.84. The molecule has 1 atom stereocenters. The van der Waals surface area contributed by atoms with Gasteiger partial charge >= 0.3 is 0 Å². The minimum Gasteiger partial charge on any atom is -0.508 e. The SMILES string of the molecule is CN1CC(C)(C2CCCCC2)c2cc(O)ccc21. The molecule has 2 heteroatoms. The highest BCUT2D eigenvalue weighted by atomic mass is 16.3. The fourth-order valence-electron chi connectivity index (χ4n) is 4.07. The second-order valence-corrected chi connectivity index (χ2v) is 6.31. The van der Waals surface area contributed by atoms with E-state index >= 15 is 0 Å². The molecule has 0 saturated heterocycles. The van der Waals surface area contributed by atoms with Gasteiger partial charge in [0.2, 0.25) is 0 Å². The summed E-state index contributed by atoms with van der Waals surface area (Å²) in [6, 6.07) is 5.87. The highest BCUT2D eigenvalue weighted by molar-refractivity contribution is 5.64. The van der Waals surface area contributed by atoms with Crippen LogP contribution in [0.25, 0.3) is 0 Å². The van der Waals surface area contributed by atoms with E-state index in [4.69, 9.17) is 0 Å². The average molecular weight is 245 g/mol. The Morgan fingerprint density at radius 2 is 1.94 bits per heavy atom. The van der Waals surface area contributed by atoms with Crippen LogP contribution in [0.4, 0.5) is 5.69 Å². The van der Waals surface area contributed by atoms with E-state index in [1.54, 1.807) is 0 Å². The number of nitrogens with zero attached hydrogens (tertiary/aromatic N) is 1. The molecule has 1 aromatic rings. The van der Waals surface area contributed by atoms with E-state index in [1.165, 1.54) is 43.4 Å². The summed E-state index contributed by atoms with van der Waals surface area (Å²) in [6.45, 7) is 3.49. The first kappa shape index (κ1) is 11.9. The first-order chi connectivity index (χ1) is 8.61. The van der Waals surface area contributed by atoms with Crippen LogP contribution in [0.3, 0.4) is 0 Å². The molecule has 1 saturated carbocycles. The van der Waals surface area contributed by atoms with Crippen LogP contribution in [0.5, 0.6) is 5.75 Å². The van der Waals surface area contributed by atoms with Crippen LogP contribution in [0.15, 0.2) is 18.2 Å². The Morgan fingerprint density at radius 3 is 2.67 bits per heavy atom. The standard InChI is InChI=1S/C16H23NO/c1-16(12-6-4-3-5-7-12)11-17(2)15-9-8-13(18)10-14(15)16/h8-10,12,18H,3-7,11H2,1-2H3. The third-order valence-electron chi connectivity index (χ3n) is 5.08. The van der Waals surface area contributed by atoms with E-state index in [0.717, 1.165) is 12.5 Å². The van der Waals surface area contributed by atoms with Gasteiger partial charge in [-0.1, -0.05) is 26.2 Å². The van der Waals surface area contributed by atoms with Crippen molar-refractivity contribution in [3.8, 4) is 5.75 Å². The maximum Gasteiger partial charge on any atom is 0.116 e. The molecule has 1 aliphatic heterocycles. The molecule has 1 heterocycles. The first-order valence-corrected chi connectivity index (χ1v) is 7.16. The summed E-state index contributed by atoms with van der Waals surface area (Å²) in [5.74, 6) is 1.18. The molecule has 98 valence electrons. The van der Waals surface area contributed by atoms with E-state index in [2.05, 4.69) is 24.9 Å². The predicted molar refractivity (Wildman–Crippen MR) is 75.3 cm³/mol. The first-order valence-electron chi connectivity index (χ1n) is 7.16. The van der Waals surface area contributed by atoms with Crippen LogP contribution >= 0.6 is 0 Å². The number of hydrogen-bond acceptors (Lipinski definition) is 2. The lowest BCUT2D eigenvalue weighted by Gasteiger charge is -2.37. The predicted octanol–water partition coefficient (Wildman–Crippen LogP) is 3.68. The number of likely N-dealkylation sites (N-methyl/N-ethyl adjacent to an activating group) is 1. The second kappa shape index (κ2) is 4.18. The Labute approximate surface area is 110 Å². The van der Waals surface area contributed by atoms with Crippen molar-refractivity contribution in [3.05, 3.63) is 23.8 Å². The Bertz CT molecular complexity index is 450. The Kier molecular flexibility index (Phi) is 2.76. The van der Waals surface area contributed by atoms with Crippen molar-refractivity contribution in [2.45, 2.75) is 44.4 Å². The molecular formula is C16H23NO. The molecule has 18 heavy (non-hydrogen) atoms. The third-order valence-corrected chi connectivity index (χ3v) is 5.08. The summed E-state index contributed by atoms with van der Waals surface area (Å²) >= 11 is 0. The van der Waals surface area contributed by atoms with E-state index in [-0.39, 0.29) is 5.41 Å². The molecular weight excluding hydrogens is 222 g/mol. The third kappa shape index (κ3) is 1.70. The summed E-state index contributed by atoms with van der Waals surface area (Å²) < 4.78 is 0. The van der Waals surface area contributed by atoms with E-state index in [9.17, 15) is 5.11 Å². The van der Waals surface area contributed by atoms with Crippen molar-refractivity contribution in [2.24, 2.45) is 5.92 Å². The number of aromatic hydroxyl groups is 1. The molecule has 1 aliphatic carbocycles. The van der Waals surface area contributed by atoms with Crippen molar-refractivity contribution in [2.75, 3.05) is 18.5 Å². The van der Waals surface area contributed by atoms with Gasteiger partial charge in [0, 0.05) is 24.7 Å². The largest absolute Gasteiger partial charge is 0.508 e. The van der Waals surface area contributed by atoms with Gasteiger partial charge in [-0.25, -0.2) is 0 Å². The molecule has 0 bridgehead atoms. The van der Waals surface area contributed by atoms with E-state index in [1.807, 2.05) is 12.1 Å². The van der Waals surface area contributed by atoms with Gasteiger partial charge in [-0.3, -0.25) is 0 Å². The minimum absolute atomic E-state index is 0.225. The molecule has 2 aliphatic rings. The fraction of sp³-hybridized carbons (Fsp3) is 0.625. The van der Waals surface area contributed by atoms with Crippen molar-refractivity contribution < 1.29 is 5.11 Å². The number of rotatable bonds is 1. The number of fused-ring (bicyclic) bond motifs is 1. The van der Waals surface area contributed by atoms with Gasteiger partial charge in [-0.2, -0.15) is 0 Å². The van der Waals surface area contributed by atoms with Gasteiger partial charge in [0.1, 0.15) is 5.75 Å². The van der Waals surface area contributed by atoms with Gasteiger partial charge in [-0.05, 0) is 42.5 Å². The van der Waals surface area contributed by atoms with Crippen LogP contribution < -0.4 is 4.90 Å². The zero-order valence-electron chi connectivity index (χ0n) is 11.4. The minimum atomic E-state index is 0.225. The maximum atomic E-state index is 9.79. The summed E-state index contributed by atoms with van der Waals surface area (Å²) in [5.41, 5.74) is 2.89. The smallest absolute Gasteiger partial charge is 0.116 e. The fourth-order valence-corrected chi connectivity index (χ4v) is 4.07. The van der Waals surface area contributed by atoms with Crippen molar-refractivity contribution in [3.63, 3.8) is 0 Å². The molecule has 1 unspecified atom stereocenters. The monoisotopic (exact) mass is 245 g/mol. The Hall–Kier alpha value is -1.18. The quantitative estimate of drug-likeness (QED) is 0.816. The van der Waals surface area contributed by atoms with Crippen LogP contribution in [-0.2, 0) is 5.41 Å². The molecule has 0 radical (unpaired) electrons. The van der Waals surface area contributed by atoms with Gasteiger partial charge in [0.05, 0.1) is 0 Å². The van der Waals surface area contributed by atoms with Crippen LogP contribution in [0.1, 0.15) is 44.6 Å². The Balaban J connectivity index is 2.01. The topological polar surface area (TPSA) is 23.5 Å². The second-order valence-electron chi connectivity index (χ2n) is 6.31. The lowest BCUT2D eigenvalue weighted by molar-refractivity contribution is 0.232. The van der Waals surface area contributed by atoms with E-state index < -0.39 is 0 Å². The highest BCUT2D eigenvalue weighted by Gasteiger charge is 2.43. The molecule has 0 aromatic heterocycles. The van der Waals surface area contributed by atoms with Gasteiger partial charge in [-0.15, -0.1) is 0 Å².